The maximum atomic E-state index is 12.5. The largest absolute Gasteiger partial charge is 0.487 e. The highest BCUT2D eigenvalue weighted by molar-refractivity contribution is 7.93. The molecule has 1 fully saturated rings. The summed E-state index contributed by atoms with van der Waals surface area (Å²) in [6.07, 6.45) is 1.85. The molecule has 1 aromatic rings. The van der Waals surface area contributed by atoms with Gasteiger partial charge < -0.3 is 9.47 Å². The molecule has 0 radical (unpaired) electrons. The maximum Gasteiger partial charge on any atom is 0.337 e. The number of carbonyl (C=O) groups excluding carboxylic acids is 1. The Balaban J connectivity index is 1.99. The van der Waals surface area contributed by atoms with Crippen LogP contribution >= 0.6 is 0 Å². The zero-order chi connectivity index (χ0) is 18.5. The molecule has 0 amide bonds. The van der Waals surface area contributed by atoms with Gasteiger partial charge in [0.2, 0.25) is 0 Å². The Morgan fingerprint density at radius 2 is 2.04 bits per heavy atom. The Morgan fingerprint density at radius 3 is 2.60 bits per heavy atom. The van der Waals surface area contributed by atoms with Gasteiger partial charge in [-0.15, -0.1) is 0 Å². The van der Waals surface area contributed by atoms with Crippen molar-refractivity contribution in [2.75, 3.05) is 12.9 Å². The van der Waals surface area contributed by atoms with Gasteiger partial charge in [0.25, 0.3) is 0 Å². The summed E-state index contributed by atoms with van der Waals surface area (Å²) < 4.78 is 35.8. The van der Waals surface area contributed by atoms with Crippen LogP contribution in [0.1, 0.15) is 62.0 Å². The molecular weight excluding hydrogens is 342 g/mol. The third-order valence-electron chi connectivity index (χ3n) is 5.01. The van der Waals surface area contributed by atoms with E-state index < -0.39 is 26.3 Å². The molecule has 25 heavy (non-hydrogen) atoms. The molecule has 0 saturated heterocycles. The smallest absolute Gasteiger partial charge is 0.337 e. The molecule has 0 aromatic heterocycles. The average Bonchev–Trinajstić information content (AvgIpc) is 3.34. The summed E-state index contributed by atoms with van der Waals surface area (Å²) in [5.41, 5.74) is 0.808. The van der Waals surface area contributed by atoms with Crippen LogP contribution in [0, 0.1) is 0 Å². The van der Waals surface area contributed by atoms with E-state index in [1.54, 1.807) is 25.1 Å². The topological polar surface area (TPSA) is 81.7 Å². The van der Waals surface area contributed by atoms with E-state index in [1.165, 1.54) is 7.11 Å². The van der Waals surface area contributed by atoms with Crippen molar-refractivity contribution in [2.45, 2.75) is 56.5 Å². The molecule has 138 valence electrons. The van der Waals surface area contributed by atoms with Gasteiger partial charge in [-0.05, 0) is 44.9 Å². The van der Waals surface area contributed by atoms with Gasteiger partial charge in [0.1, 0.15) is 16.2 Å². The molecule has 1 heterocycles. The van der Waals surface area contributed by atoms with Crippen molar-refractivity contribution in [3.8, 4) is 5.75 Å². The average molecular weight is 367 g/mol. The number of sulfone groups is 1. The maximum absolute atomic E-state index is 12.5. The van der Waals surface area contributed by atoms with Crippen LogP contribution in [0.4, 0.5) is 0 Å². The molecule has 7 heteroatoms. The summed E-state index contributed by atoms with van der Waals surface area (Å²) in [5, 5.41) is 3.37. The van der Waals surface area contributed by atoms with Crippen LogP contribution in [0.25, 0.3) is 0 Å². The number of nitrogens with one attached hydrogen (secondary N) is 1. The van der Waals surface area contributed by atoms with Gasteiger partial charge in [-0.2, -0.15) is 0 Å². The van der Waals surface area contributed by atoms with Gasteiger partial charge in [0.05, 0.1) is 12.7 Å². The van der Waals surface area contributed by atoms with Crippen molar-refractivity contribution >= 4 is 15.8 Å². The first-order chi connectivity index (χ1) is 11.6. The number of fused-ring (bicyclic) bond motifs is 1. The summed E-state index contributed by atoms with van der Waals surface area (Å²) in [4.78, 5) is 11.0. The third-order valence-corrected chi connectivity index (χ3v) is 7.48. The molecule has 1 aromatic carbocycles. The molecule has 6 nitrogen and oxygen atoms in total. The minimum Gasteiger partial charge on any atom is -0.487 e. The van der Waals surface area contributed by atoms with Gasteiger partial charge >= 0.3 is 5.97 Å². The fraction of sp³-hybridized carbons (Fsp3) is 0.611. The van der Waals surface area contributed by atoms with Gasteiger partial charge in [0, 0.05) is 23.8 Å². The van der Waals surface area contributed by atoms with Crippen LogP contribution < -0.4 is 10.1 Å². The molecule has 0 spiro atoms. The second-order valence-corrected chi connectivity index (χ2v) is 9.99. The lowest BCUT2D eigenvalue weighted by Crippen LogP contribution is -2.47. The van der Waals surface area contributed by atoms with Crippen LogP contribution in [0.3, 0.4) is 0 Å². The van der Waals surface area contributed by atoms with Crippen LogP contribution in [0.15, 0.2) is 18.2 Å². The van der Waals surface area contributed by atoms with E-state index in [9.17, 15) is 13.2 Å². The van der Waals surface area contributed by atoms with Gasteiger partial charge in [-0.25, -0.2) is 13.2 Å². The highest BCUT2D eigenvalue weighted by Gasteiger charge is 2.55. The normalized spacial score (nSPS) is 23.3. The van der Waals surface area contributed by atoms with E-state index >= 15 is 0 Å². The van der Waals surface area contributed by atoms with E-state index in [-0.39, 0.29) is 11.8 Å². The van der Waals surface area contributed by atoms with Gasteiger partial charge in [0.15, 0.2) is 9.84 Å². The van der Waals surface area contributed by atoms with E-state index in [1.807, 2.05) is 13.8 Å². The molecule has 1 N–H and O–H groups in total. The number of esters is 1. The minimum absolute atomic E-state index is 0.113. The summed E-state index contributed by atoms with van der Waals surface area (Å²) in [6, 6.07) is 4.96. The third kappa shape index (κ3) is 3.27. The highest BCUT2D eigenvalue weighted by Crippen LogP contribution is 2.47. The fourth-order valence-corrected chi connectivity index (χ4v) is 5.08. The molecule has 2 aliphatic rings. The Hall–Kier alpha value is -1.60. The molecule has 1 unspecified atom stereocenters. The predicted molar refractivity (Wildman–Crippen MR) is 94.4 cm³/mol. The summed E-state index contributed by atoms with van der Waals surface area (Å²) >= 11 is 0. The minimum atomic E-state index is -3.20. The first-order valence-corrected chi connectivity index (χ1v) is 10.2. The Morgan fingerprint density at radius 1 is 1.36 bits per heavy atom. The SMILES string of the molecule is CCS(=O)(=O)C1(NC2CC(C)(C)Oc3ccc(C(=O)OC)cc32)CC1. The van der Waals surface area contributed by atoms with Crippen LogP contribution in [0.2, 0.25) is 0 Å². The number of carbonyl (C=O) groups is 1. The molecular formula is C18H25NO5S. The first-order valence-electron chi connectivity index (χ1n) is 8.54. The number of hydrogen-bond acceptors (Lipinski definition) is 6. The monoisotopic (exact) mass is 367 g/mol. The van der Waals surface area contributed by atoms with Gasteiger partial charge in [-0.3, -0.25) is 5.32 Å². The summed E-state index contributed by atoms with van der Waals surface area (Å²) in [5.74, 6) is 0.363. The quantitative estimate of drug-likeness (QED) is 0.806. The van der Waals surface area contributed by atoms with Crippen molar-refractivity contribution in [2.24, 2.45) is 0 Å². The van der Waals surface area contributed by atoms with E-state index in [2.05, 4.69) is 5.32 Å². The number of ether oxygens (including phenoxy) is 2. The summed E-state index contributed by atoms with van der Waals surface area (Å²) in [6.45, 7) is 5.63. The van der Waals surface area contributed by atoms with E-state index in [0.29, 0.717) is 30.6 Å². The number of benzene rings is 1. The molecule has 1 atom stereocenters. The number of rotatable bonds is 5. The number of hydrogen-bond donors (Lipinski definition) is 1. The van der Waals surface area contributed by atoms with E-state index in [0.717, 1.165) is 5.56 Å². The van der Waals surface area contributed by atoms with Crippen LogP contribution in [-0.2, 0) is 14.6 Å². The highest BCUT2D eigenvalue weighted by atomic mass is 32.2. The van der Waals surface area contributed by atoms with Crippen molar-refractivity contribution in [3.05, 3.63) is 29.3 Å². The molecule has 1 aliphatic heterocycles. The van der Waals surface area contributed by atoms with Crippen molar-refractivity contribution in [1.82, 2.24) is 5.32 Å². The molecule has 0 bridgehead atoms. The Labute approximate surface area is 148 Å². The summed E-state index contributed by atoms with van der Waals surface area (Å²) in [7, 11) is -1.86. The Kier molecular flexibility index (Phi) is 4.36. The molecule has 3 rings (SSSR count). The second-order valence-electron chi connectivity index (χ2n) is 7.40. The first kappa shape index (κ1) is 18.2. The lowest BCUT2D eigenvalue weighted by atomic mass is 9.88. The molecule has 1 aliphatic carbocycles. The molecule has 1 saturated carbocycles. The lowest BCUT2D eigenvalue weighted by Gasteiger charge is -2.39. The predicted octanol–water partition coefficient (Wildman–Crippen LogP) is 2.59. The van der Waals surface area contributed by atoms with E-state index in [4.69, 9.17) is 9.47 Å². The van der Waals surface area contributed by atoms with Crippen molar-refractivity contribution in [3.63, 3.8) is 0 Å². The number of methoxy groups -OCH3 is 1. The standard InChI is InChI=1S/C18H25NO5S/c1-5-25(21,22)18(8-9-18)19-14-11-17(2,3)24-15-7-6-12(10-13(14)15)16(20)23-4/h6-7,10,14,19H,5,8-9,11H2,1-4H3. The van der Waals surface area contributed by atoms with Crippen molar-refractivity contribution < 1.29 is 22.7 Å². The lowest BCUT2D eigenvalue weighted by molar-refractivity contribution is 0.0594. The second kappa shape index (κ2) is 5.99. The fourth-order valence-electron chi connectivity index (χ4n) is 3.48. The zero-order valence-corrected chi connectivity index (χ0v) is 15.9. The Bertz CT molecular complexity index is 796. The van der Waals surface area contributed by atoms with Crippen LogP contribution in [-0.4, -0.2) is 37.7 Å². The zero-order valence-electron chi connectivity index (χ0n) is 15.1. The van der Waals surface area contributed by atoms with Crippen molar-refractivity contribution in [1.29, 1.82) is 0 Å². The van der Waals surface area contributed by atoms with Crippen LogP contribution in [0.5, 0.6) is 5.75 Å². The van der Waals surface area contributed by atoms with Gasteiger partial charge in [-0.1, -0.05) is 6.92 Å².